The first-order valence-electron chi connectivity index (χ1n) is 5.81. The molecule has 2 fully saturated rings. The highest BCUT2D eigenvalue weighted by Gasteiger charge is 2.24. The summed E-state index contributed by atoms with van der Waals surface area (Å²) >= 11 is 0. The predicted molar refractivity (Wildman–Crippen MR) is 63.2 cm³/mol. The van der Waals surface area contributed by atoms with Gasteiger partial charge in [-0.15, -0.1) is 0 Å². The summed E-state index contributed by atoms with van der Waals surface area (Å²) in [6.45, 7) is 6.56. The maximum absolute atomic E-state index is 10.5. The molecule has 0 aromatic heterocycles. The van der Waals surface area contributed by atoms with Gasteiger partial charge in [-0.1, -0.05) is 13.2 Å². The molecule has 0 aromatic rings. The van der Waals surface area contributed by atoms with Crippen molar-refractivity contribution in [3.05, 3.63) is 25.3 Å². The lowest BCUT2D eigenvalue weighted by Crippen LogP contribution is -2.23. The highest BCUT2D eigenvalue weighted by atomic mass is 16.5. The van der Waals surface area contributed by atoms with Gasteiger partial charge < -0.3 is 9.47 Å². The fraction of sp³-hybridized carbons (Fsp3) is 0.538. The molecule has 0 bridgehead atoms. The Labute approximate surface area is 101 Å². The lowest BCUT2D eigenvalue weighted by molar-refractivity contribution is -0.146. The minimum Gasteiger partial charge on any atom is -0.459 e. The molecule has 0 radical (unpaired) electrons. The molecule has 0 atom stereocenters. The van der Waals surface area contributed by atoms with Crippen LogP contribution in [0.2, 0.25) is 0 Å². The zero-order valence-corrected chi connectivity index (χ0v) is 9.89. The molecule has 0 spiro atoms. The number of carbonyl (C=O) groups excluding carboxylic acids is 2. The van der Waals surface area contributed by atoms with E-state index in [1.165, 1.54) is 18.6 Å². The molecule has 0 aromatic carbocycles. The van der Waals surface area contributed by atoms with Gasteiger partial charge in [-0.25, -0.2) is 9.59 Å². The number of esters is 2. The number of ether oxygens (including phenoxy) is 2. The van der Waals surface area contributed by atoms with Gasteiger partial charge in [0.2, 0.25) is 0 Å². The average molecular weight is 238 g/mol. The fourth-order valence-electron chi connectivity index (χ4n) is 1.10. The third kappa shape index (κ3) is 5.90. The quantitative estimate of drug-likeness (QED) is 0.556. The predicted octanol–water partition coefficient (Wildman–Crippen LogP) is 2.15. The second-order valence-corrected chi connectivity index (χ2v) is 4.03. The molecule has 17 heavy (non-hydrogen) atoms. The van der Waals surface area contributed by atoms with Crippen molar-refractivity contribution < 1.29 is 19.1 Å². The van der Waals surface area contributed by atoms with Crippen molar-refractivity contribution in [2.45, 2.75) is 44.3 Å². The van der Waals surface area contributed by atoms with Crippen molar-refractivity contribution in [2.24, 2.45) is 0 Å². The van der Waals surface area contributed by atoms with Crippen LogP contribution in [0.25, 0.3) is 0 Å². The summed E-state index contributed by atoms with van der Waals surface area (Å²) in [7, 11) is 0. The maximum Gasteiger partial charge on any atom is 0.330 e. The van der Waals surface area contributed by atoms with E-state index >= 15 is 0 Å². The molecular weight excluding hydrogens is 220 g/mol. The van der Waals surface area contributed by atoms with Crippen LogP contribution in [0.1, 0.15) is 32.1 Å². The first kappa shape index (κ1) is 13.5. The summed E-state index contributed by atoms with van der Waals surface area (Å²) in [5.41, 5.74) is 0. The number of hydrogen-bond donors (Lipinski definition) is 0. The molecule has 4 nitrogen and oxygen atoms in total. The van der Waals surface area contributed by atoms with E-state index in [-0.39, 0.29) is 24.1 Å². The molecule has 2 aliphatic rings. The second-order valence-electron chi connectivity index (χ2n) is 4.03. The normalized spacial score (nSPS) is 17.9. The average Bonchev–Trinajstić information content (AvgIpc) is 3.07. The van der Waals surface area contributed by atoms with E-state index in [0.29, 0.717) is 0 Å². The van der Waals surface area contributed by atoms with Gasteiger partial charge in [0.1, 0.15) is 12.2 Å². The van der Waals surface area contributed by atoms with Crippen LogP contribution in [0.15, 0.2) is 25.3 Å². The topological polar surface area (TPSA) is 52.6 Å². The van der Waals surface area contributed by atoms with Crippen LogP contribution in [0, 0.1) is 0 Å². The second kappa shape index (κ2) is 6.89. The Balaban J connectivity index is 0.000000171. The Kier molecular flexibility index (Phi) is 5.46. The molecule has 2 rings (SSSR count). The summed E-state index contributed by atoms with van der Waals surface area (Å²) in [5.74, 6) is -0.591. The van der Waals surface area contributed by atoms with Crippen LogP contribution in [0.3, 0.4) is 0 Å². The summed E-state index contributed by atoms with van der Waals surface area (Å²) < 4.78 is 9.63. The van der Waals surface area contributed by atoms with Gasteiger partial charge in [0, 0.05) is 12.2 Å². The molecule has 0 heterocycles. The monoisotopic (exact) mass is 238 g/mol. The molecule has 2 saturated carbocycles. The molecule has 0 amide bonds. The van der Waals surface area contributed by atoms with Crippen LogP contribution in [0.5, 0.6) is 0 Å². The highest BCUT2D eigenvalue weighted by Crippen LogP contribution is 2.23. The smallest absolute Gasteiger partial charge is 0.330 e. The van der Waals surface area contributed by atoms with Gasteiger partial charge in [-0.05, 0) is 32.1 Å². The molecule has 2 aliphatic carbocycles. The molecule has 0 unspecified atom stereocenters. The first-order valence-corrected chi connectivity index (χ1v) is 5.81. The van der Waals surface area contributed by atoms with Crippen LogP contribution in [-0.4, -0.2) is 24.1 Å². The first-order chi connectivity index (χ1) is 8.15. The summed E-state index contributed by atoms with van der Waals surface area (Å²) in [6.07, 6.45) is 8.10. The SMILES string of the molecule is C=CC(=O)OC1CC1.C=CC(=O)OC1CCC1. The summed E-state index contributed by atoms with van der Waals surface area (Å²) in [4.78, 5) is 20.8. The third-order valence-electron chi connectivity index (χ3n) is 2.48. The van der Waals surface area contributed by atoms with E-state index < -0.39 is 0 Å². The van der Waals surface area contributed by atoms with Crippen molar-refractivity contribution in [1.29, 1.82) is 0 Å². The van der Waals surface area contributed by atoms with Crippen LogP contribution in [-0.2, 0) is 19.1 Å². The van der Waals surface area contributed by atoms with Crippen LogP contribution < -0.4 is 0 Å². The van der Waals surface area contributed by atoms with E-state index in [1.807, 2.05) is 0 Å². The van der Waals surface area contributed by atoms with Crippen molar-refractivity contribution in [2.75, 3.05) is 0 Å². The van der Waals surface area contributed by atoms with Gasteiger partial charge in [-0.3, -0.25) is 0 Å². The highest BCUT2D eigenvalue weighted by molar-refractivity contribution is 5.81. The number of hydrogen-bond acceptors (Lipinski definition) is 4. The van der Waals surface area contributed by atoms with E-state index in [1.54, 1.807) is 0 Å². The van der Waals surface area contributed by atoms with Crippen molar-refractivity contribution >= 4 is 11.9 Å². The van der Waals surface area contributed by atoms with Gasteiger partial charge in [0.15, 0.2) is 0 Å². The maximum atomic E-state index is 10.5. The zero-order chi connectivity index (χ0) is 12.7. The zero-order valence-electron chi connectivity index (χ0n) is 9.89. The summed E-state index contributed by atoms with van der Waals surface area (Å²) in [6, 6.07) is 0. The van der Waals surface area contributed by atoms with Crippen molar-refractivity contribution in [3.63, 3.8) is 0 Å². The van der Waals surface area contributed by atoms with E-state index in [9.17, 15) is 9.59 Å². The Morgan fingerprint density at radius 2 is 1.29 bits per heavy atom. The van der Waals surface area contributed by atoms with Gasteiger partial charge in [0.05, 0.1) is 0 Å². The van der Waals surface area contributed by atoms with Crippen LogP contribution >= 0.6 is 0 Å². The standard InChI is InChI=1S/C7H10O2.C6H8O2/c1-2-7(8)9-6-4-3-5-6;1-2-6(7)8-5-3-4-5/h2,6H,1,3-5H2;2,5H,1,3-4H2. The Bertz CT molecular complexity index is 301. The van der Waals surface area contributed by atoms with Crippen molar-refractivity contribution in [3.8, 4) is 0 Å². The lowest BCUT2D eigenvalue weighted by atomic mass is 9.96. The molecule has 4 heteroatoms. The molecular formula is C13H18O4. The Morgan fingerprint density at radius 1 is 0.882 bits per heavy atom. The van der Waals surface area contributed by atoms with E-state index in [2.05, 4.69) is 13.2 Å². The largest absolute Gasteiger partial charge is 0.459 e. The van der Waals surface area contributed by atoms with Gasteiger partial charge in [-0.2, -0.15) is 0 Å². The van der Waals surface area contributed by atoms with Crippen LogP contribution in [0.4, 0.5) is 0 Å². The van der Waals surface area contributed by atoms with Gasteiger partial charge in [0.25, 0.3) is 0 Å². The molecule has 0 aliphatic heterocycles. The molecule has 0 N–H and O–H groups in total. The third-order valence-corrected chi connectivity index (χ3v) is 2.48. The number of rotatable bonds is 4. The van der Waals surface area contributed by atoms with Gasteiger partial charge >= 0.3 is 11.9 Å². The summed E-state index contributed by atoms with van der Waals surface area (Å²) in [5, 5.41) is 0. The molecule has 0 saturated heterocycles. The number of carbonyl (C=O) groups is 2. The van der Waals surface area contributed by atoms with Crippen molar-refractivity contribution in [1.82, 2.24) is 0 Å². The lowest BCUT2D eigenvalue weighted by Gasteiger charge is -2.24. The Morgan fingerprint density at radius 3 is 1.53 bits per heavy atom. The van der Waals surface area contributed by atoms with E-state index in [4.69, 9.17) is 9.47 Å². The fourth-order valence-corrected chi connectivity index (χ4v) is 1.10. The van der Waals surface area contributed by atoms with E-state index in [0.717, 1.165) is 25.7 Å². The Hall–Kier alpha value is -1.58. The minimum absolute atomic E-state index is 0.190. The molecule has 94 valence electrons. The minimum atomic E-state index is -0.299.